The molecular formula is C27H39N3. The SMILES string of the molecule is CC(C)c1ccccc1C1CN(CC2=CCC=C2)CCN1C1CC2(CCNCC2)C1. The summed E-state index contributed by atoms with van der Waals surface area (Å²) in [7, 11) is 0. The van der Waals surface area contributed by atoms with Gasteiger partial charge in [0.15, 0.2) is 0 Å². The monoisotopic (exact) mass is 405 g/mol. The second-order valence-electron chi connectivity index (χ2n) is 10.5. The fourth-order valence-corrected chi connectivity index (χ4v) is 6.47. The van der Waals surface area contributed by atoms with Crippen LogP contribution in [0.4, 0.5) is 0 Å². The van der Waals surface area contributed by atoms with Crippen LogP contribution in [-0.4, -0.2) is 55.1 Å². The number of hydrogen-bond acceptors (Lipinski definition) is 3. The lowest BCUT2D eigenvalue weighted by molar-refractivity contribution is -0.0627. The number of piperidine rings is 1. The Bertz CT molecular complexity index is 794. The lowest BCUT2D eigenvalue weighted by Gasteiger charge is -2.57. The average molecular weight is 406 g/mol. The predicted molar refractivity (Wildman–Crippen MR) is 126 cm³/mol. The van der Waals surface area contributed by atoms with E-state index >= 15 is 0 Å². The molecule has 0 amide bonds. The third kappa shape index (κ3) is 4.04. The van der Waals surface area contributed by atoms with Crippen molar-refractivity contribution in [2.24, 2.45) is 5.41 Å². The first-order chi connectivity index (χ1) is 14.6. The molecule has 3 heteroatoms. The molecule has 1 aromatic rings. The van der Waals surface area contributed by atoms with Gasteiger partial charge in [-0.1, -0.05) is 56.3 Å². The van der Waals surface area contributed by atoms with E-state index in [-0.39, 0.29) is 0 Å². The van der Waals surface area contributed by atoms with Crippen LogP contribution in [0.3, 0.4) is 0 Å². The highest BCUT2D eigenvalue weighted by Crippen LogP contribution is 2.52. The van der Waals surface area contributed by atoms with Gasteiger partial charge in [0, 0.05) is 38.3 Å². The molecule has 1 spiro atoms. The van der Waals surface area contributed by atoms with Gasteiger partial charge in [-0.3, -0.25) is 9.80 Å². The Balaban J connectivity index is 1.36. The van der Waals surface area contributed by atoms with Crippen LogP contribution >= 0.6 is 0 Å². The number of allylic oxidation sites excluding steroid dienone is 2. The molecule has 30 heavy (non-hydrogen) atoms. The van der Waals surface area contributed by atoms with E-state index in [1.54, 1.807) is 11.1 Å². The minimum Gasteiger partial charge on any atom is -0.317 e. The number of nitrogens with one attached hydrogen (secondary N) is 1. The van der Waals surface area contributed by atoms with Crippen molar-refractivity contribution in [3.8, 4) is 0 Å². The van der Waals surface area contributed by atoms with Gasteiger partial charge in [0.1, 0.15) is 0 Å². The zero-order chi connectivity index (χ0) is 20.6. The first-order valence-corrected chi connectivity index (χ1v) is 12.3. The van der Waals surface area contributed by atoms with E-state index in [0.29, 0.717) is 17.4 Å². The normalized spacial score (nSPS) is 27.6. The van der Waals surface area contributed by atoms with E-state index < -0.39 is 0 Å². The van der Waals surface area contributed by atoms with Crippen molar-refractivity contribution < 1.29 is 0 Å². The fraction of sp³-hybridized carbons (Fsp3) is 0.630. The third-order valence-electron chi connectivity index (χ3n) is 8.21. The van der Waals surface area contributed by atoms with Gasteiger partial charge in [-0.05, 0) is 73.2 Å². The van der Waals surface area contributed by atoms with Crippen LogP contribution < -0.4 is 5.32 Å². The number of hydrogen-bond donors (Lipinski definition) is 1. The van der Waals surface area contributed by atoms with Gasteiger partial charge in [-0.25, -0.2) is 0 Å². The van der Waals surface area contributed by atoms with Crippen molar-refractivity contribution in [1.82, 2.24) is 15.1 Å². The maximum absolute atomic E-state index is 3.57. The van der Waals surface area contributed by atoms with E-state index in [2.05, 4.69) is 71.5 Å². The largest absolute Gasteiger partial charge is 0.317 e. The molecule has 4 aliphatic rings. The summed E-state index contributed by atoms with van der Waals surface area (Å²) in [6, 6.07) is 10.6. The molecule has 2 aliphatic carbocycles. The third-order valence-corrected chi connectivity index (χ3v) is 8.21. The maximum atomic E-state index is 3.57. The molecule has 0 radical (unpaired) electrons. The van der Waals surface area contributed by atoms with Crippen molar-refractivity contribution in [2.75, 3.05) is 39.3 Å². The van der Waals surface area contributed by atoms with Crippen LogP contribution in [0.25, 0.3) is 0 Å². The average Bonchev–Trinajstić information content (AvgIpc) is 3.25. The molecule has 1 atom stereocenters. The van der Waals surface area contributed by atoms with Gasteiger partial charge < -0.3 is 5.32 Å². The van der Waals surface area contributed by atoms with Crippen LogP contribution in [0.15, 0.2) is 48.1 Å². The Labute approximate surface area is 183 Å². The molecule has 1 aromatic carbocycles. The summed E-state index contributed by atoms with van der Waals surface area (Å²) < 4.78 is 0. The Morgan fingerprint density at radius 3 is 2.63 bits per heavy atom. The minimum absolute atomic E-state index is 0.535. The molecule has 162 valence electrons. The molecular weight excluding hydrogens is 366 g/mol. The molecule has 1 unspecified atom stereocenters. The highest BCUT2D eigenvalue weighted by atomic mass is 15.3. The van der Waals surface area contributed by atoms with Gasteiger partial charge >= 0.3 is 0 Å². The van der Waals surface area contributed by atoms with Crippen LogP contribution in [0, 0.1) is 5.41 Å². The number of nitrogens with zero attached hydrogens (tertiary/aromatic N) is 2. The first kappa shape index (κ1) is 20.5. The zero-order valence-corrected chi connectivity index (χ0v) is 18.9. The molecule has 5 rings (SSSR count). The van der Waals surface area contributed by atoms with Crippen LogP contribution in [0.1, 0.15) is 69.0 Å². The Kier molecular flexibility index (Phi) is 5.88. The first-order valence-electron chi connectivity index (χ1n) is 12.3. The van der Waals surface area contributed by atoms with Crippen molar-refractivity contribution in [2.45, 2.75) is 64.0 Å². The van der Waals surface area contributed by atoms with Gasteiger partial charge in [0.05, 0.1) is 0 Å². The van der Waals surface area contributed by atoms with Crippen molar-refractivity contribution in [3.05, 3.63) is 59.2 Å². The molecule has 2 heterocycles. The molecule has 2 saturated heterocycles. The van der Waals surface area contributed by atoms with Gasteiger partial charge in [0.25, 0.3) is 0 Å². The summed E-state index contributed by atoms with van der Waals surface area (Å²) in [5.41, 5.74) is 5.29. The topological polar surface area (TPSA) is 18.5 Å². The molecule has 0 bridgehead atoms. The summed E-state index contributed by atoms with van der Waals surface area (Å²) in [4.78, 5) is 5.61. The predicted octanol–water partition coefficient (Wildman–Crippen LogP) is 4.89. The highest BCUT2D eigenvalue weighted by molar-refractivity contribution is 5.34. The molecule has 3 nitrogen and oxygen atoms in total. The number of benzene rings is 1. The van der Waals surface area contributed by atoms with Crippen LogP contribution in [-0.2, 0) is 0 Å². The quantitative estimate of drug-likeness (QED) is 0.753. The number of piperazine rings is 1. The van der Waals surface area contributed by atoms with E-state index in [0.717, 1.165) is 19.0 Å². The summed E-state index contributed by atoms with van der Waals surface area (Å²) >= 11 is 0. The molecule has 2 aliphatic heterocycles. The van der Waals surface area contributed by atoms with E-state index in [1.165, 1.54) is 64.0 Å². The zero-order valence-electron chi connectivity index (χ0n) is 18.9. The van der Waals surface area contributed by atoms with Gasteiger partial charge in [-0.2, -0.15) is 0 Å². The van der Waals surface area contributed by atoms with Crippen molar-refractivity contribution in [1.29, 1.82) is 0 Å². The van der Waals surface area contributed by atoms with E-state index in [9.17, 15) is 0 Å². The Hall–Kier alpha value is -1.42. The second-order valence-corrected chi connectivity index (χ2v) is 10.5. The molecule has 1 N–H and O–H groups in total. The van der Waals surface area contributed by atoms with Crippen LogP contribution in [0.5, 0.6) is 0 Å². The minimum atomic E-state index is 0.535. The summed E-state index contributed by atoms with van der Waals surface area (Å²) in [6.45, 7) is 11.9. The van der Waals surface area contributed by atoms with E-state index in [4.69, 9.17) is 0 Å². The Morgan fingerprint density at radius 1 is 1.10 bits per heavy atom. The molecule has 3 fully saturated rings. The highest BCUT2D eigenvalue weighted by Gasteiger charge is 2.49. The summed E-state index contributed by atoms with van der Waals surface area (Å²) in [5, 5.41) is 3.57. The number of rotatable bonds is 5. The van der Waals surface area contributed by atoms with Gasteiger partial charge in [0.2, 0.25) is 0 Å². The van der Waals surface area contributed by atoms with Gasteiger partial charge in [-0.15, -0.1) is 0 Å². The fourth-order valence-electron chi connectivity index (χ4n) is 6.47. The lowest BCUT2D eigenvalue weighted by Crippen LogP contribution is -2.59. The van der Waals surface area contributed by atoms with Crippen molar-refractivity contribution >= 4 is 0 Å². The van der Waals surface area contributed by atoms with E-state index in [1.807, 2.05) is 0 Å². The smallest absolute Gasteiger partial charge is 0.0481 e. The summed E-state index contributed by atoms with van der Waals surface area (Å²) in [6.07, 6.45) is 13.8. The summed E-state index contributed by atoms with van der Waals surface area (Å²) in [5.74, 6) is 0.580. The molecule has 0 aromatic heterocycles. The molecule has 1 saturated carbocycles. The van der Waals surface area contributed by atoms with Crippen molar-refractivity contribution in [3.63, 3.8) is 0 Å². The maximum Gasteiger partial charge on any atom is 0.0481 e. The standard InChI is InChI=1S/C27H39N3/c1-21(2)24-9-5-6-10-25(24)26-20-29(19-22-7-3-4-8-22)15-16-30(26)23-17-27(18-23)11-13-28-14-12-27/h3,5-10,21,23,26,28H,4,11-20H2,1-2H3. The van der Waals surface area contributed by atoms with Crippen LogP contribution in [0.2, 0.25) is 0 Å². The Morgan fingerprint density at radius 2 is 1.90 bits per heavy atom. The lowest BCUT2D eigenvalue weighted by atomic mass is 9.60. The second kappa shape index (κ2) is 8.61.